The molecule has 0 radical (unpaired) electrons. The van der Waals surface area contributed by atoms with Crippen molar-refractivity contribution in [2.75, 3.05) is 11.1 Å². The number of anilines is 1. The van der Waals surface area contributed by atoms with Crippen molar-refractivity contribution in [2.24, 2.45) is 0 Å². The van der Waals surface area contributed by atoms with Gasteiger partial charge in [-0.2, -0.15) is 0 Å². The Morgan fingerprint density at radius 3 is 2.93 bits per heavy atom. The van der Waals surface area contributed by atoms with E-state index >= 15 is 0 Å². The lowest BCUT2D eigenvalue weighted by molar-refractivity contribution is -0.113. The lowest BCUT2D eigenvalue weighted by Gasteiger charge is -2.08. The molecule has 0 aliphatic rings. The van der Waals surface area contributed by atoms with Gasteiger partial charge in [-0.25, -0.2) is 0 Å². The Morgan fingerprint density at radius 1 is 1.37 bits per heavy atom. The van der Waals surface area contributed by atoms with Gasteiger partial charge in [-0.1, -0.05) is 35.5 Å². The summed E-state index contributed by atoms with van der Waals surface area (Å²) in [6.45, 7) is 6.23. The van der Waals surface area contributed by atoms with E-state index in [9.17, 15) is 4.79 Å². The van der Waals surface area contributed by atoms with Crippen LogP contribution in [0.5, 0.6) is 0 Å². The first-order chi connectivity index (χ1) is 13.1. The fourth-order valence-corrected chi connectivity index (χ4v) is 3.32. The predicted molar refractivity (Wildman–Crippen MR) is 109 cm³/mol. The molecule has 0 bridgehead atoms. The number of allylic oxidation sites excluding steroid dienone is 1. The van der Waals surface area contributed by atoms with Gasteiger partial charge in [0.15, 0.2) is 11.0 Å². The first-order valence-electron chi connectivity index (χ1n) is 8.22. The van der Waals surface area contributed by atoms with Crippen LogP contribution in [0.2, 0.25) is 5.02 Å². The molecule has 3 aromatic rings. The van der Waals surface area contributed by atoms with E-state index in [0.29, 0.717) is 28.2 Å². The third-order valence-electron chi connectivity index (χ3n) is 3.74. The second-order valence-corrected chi connectivity index (χ2v) is 7.10. The third kappa shape index (κ3) is 4.75. The Balaban J connectivity index is 1.70. The van der Waals surface area contributed by atoms with Crippen LogP contribution in [0.25, 0.3) is 11.4 Å². The summed E-state index contributed by atoms with van der Waals surface area (Å²) in [5.74, 6) is 0.751. The molecule has 138 valence electrons. The van der Waals surface area contributed by atoms with Gasteiger partial charge in [0.2, 0.25) is 5.91 Å². The number of pyridine rings is 1. The summed E-state index contributed by atoms with van der Waals surface area (Å²) in [6.07, 6.45) is 5.20. The minimum Gasteiger partial charge on any atom is -0.325 e. The number of benzene rings is 1. The summed E-state index contributed by atoms with van der Waals surface area (Å²) in [7, 11) is 0. The monoisotopic (exact) mass is 399 g/mol. The summed E-state index contributed by atoms with van der Waals surface area (Å²) >= 11 is 7.41. The number of carbonyl (C=O) groups excluding carboxylic acids is 1. The molecule has 2 heterocycles. The summed E-state index contributed by atoms with van der Waals surface area (Å²) in [5, 5.41) is 12.6. The fraction of sp³-hybridized carbons (Fsp3) is 0.158. The maximum atomic E-state index is 12.3. The largest absolute Gasteiger partial charge is 0.325 e. The summed E-state index contributed by atoms with van der Waals surface area (Å²) in [4.78, 5) is 16.4. The van der Waals surface area contributed by atoms with Gasteiger partial charge in [0.25, 0.3) is 0 Å². The molecular formula is C19H18ClN5OS. The Hall–Kier alpha value is -2.64. The van der Waals surface area contributed by atoms with E-state index in [1.165, 1.54) is 11.8 Å². The molecule has 0 unspecified atom stereocenters. The number of amides is 1. The topological polar surface area (TPSA) is 72.7 Å². The normalized spacial score (nSPS) is 10.6. The molecule has 0 fully saturated rings. The SMILES string of the molecule is C=CCn1c(SCC(=O)Nc2ccc(C)c(Cl)c2)nnc1-c1cccnc1. The molecule has 1 N–H and O–H groups in total. The van der Waals surface area contributed by atoms with Crippen LogP contribution in [0.15, 0.2) is 60.5 Å². The van der Waals surface area contributed by atoms with Crippen molar-refractivity contribution in [1.82, 2.24) is 19.7 Å². The number of rotatable bonds is 7. The lowest BCUT2D eigenvalue weighted by atomic mass is 10.2. The number of aryl methyl sites for hydroxylation is 1. The van der Waals surface area contributed by atoms with Crippen LogP contribution in [0, 0.1) is 6.92 Å². The number of aromatic nitrogens is 4. The van der Waals surface area contributed by atoms with Gasteiger partial charge < -0.3 is 5.32 Å². The highest BCUT2D eigenvalue weighted by atomic mass is 35.5. The number of carbonyl (C=O) groups is 1. The van der Waals surface area contributed by atoms with E-state index in [4.69, 9.17) is 11.6 Å². The molecule has 2 aromatic heterocycles. The first-order valence-corrected chi connectivity index (χ1v) is 9.58. The quantitative estimate of drug-likeness (QED) is 0.475. The van der Waals surface area contributed by atoms with Gasteiger partial charge in [0.1, 0.15) is 0 Å². The van der Waals surface area contributed by atoms with Crippen molar-refractivity contribution in [2.45, 2.75) is 18.6 Å². The average molecular weight is 400 g/mol. The molecule has 8 heteroatoms. The molecule has 6 nitrogen and oxygen atoms in total. The van der Waals surface area contributed by atoms with Crippen molar-refractivity contribution in [3.05, 3.63) is 66.0 Å². The van der Waals surface area contributed by atoms with Crippen molar-refractivity contribution in [3.63, 3.8) is 0 Å². The van der Waals surface area contributed by atoms with Crippen molar-refractivity contribution >= 4 is 35.0 Å². The van der Waals surface area contributed by atoms with Crippen LogP contribution in [0.4, 0.5) is 5.69 Å². The predicted octanol–water partition coefficient (Wildman–Crippen LogP) is 4.22. The van der Waals surface area contributed by atoms with Gasteiger partial charge in [-0.3, -0.25) is 14.3 Å². The molecule has 0 aliphatic heterocycles. The summed E-state index contributed by atoms with van der Waals surface area (Å²) in [6, 6.07) is 9.19. The van der Waals surface area contributed by atoms with Gasteiger partial charge in [0.05, 0.1) is 5.75 Å². The number of hydrogen-bond acceptors (Lipinski definition) is 5. The maximum absolute atomic E-state index is 12.3. The molecule has 27 heavy (non-hydrogen) atoms. The lowest BCUT2D eigenvalue weighted by Crippen LogP contribution is -2.14. The molecule has 0 saturated carbocycles. The van der Waals surface area contributed by atoms with Crippen LogP contribution in [0.1, 0.15) is 5.56 Å². The Labute approximate surface area is 166 Å². The van der Waals surface area contributed by atoms with Crippen molar-refractivity contribution in [1.29, 1.82) is 0 Å². The maximum Gasteiger partial charge on any atom is 0.234 e. The zero-order chi connectivity index (χ0) is 19.2. The number of nitrogens with one attached hydrogen (secondary N) is 1. The third-order valence-corrected chi connectivity index (χ3v) is 5.11. The second-order valence-electron chi connectivity index (χ2n) is 5.75. The molecule has 3 rings (SSSR count). The molecule has 1 amide bonds. The highest BCUT2D eigenvalue weighted by Crippen LogP contribution is 2.24. The Kier molecular flexibility index (Phi) is 6.26. The zero-order valence-electron chi connectivity index (χ0n) is 14.7. The van der Waals surface area contributed by atoms with E-state index in [1.807, 2.05) is 35.8 Å². The Morgan fingerprint density at radius 2 is 2.22 bits per heavy atom. The van der Waals surface area contributed by atoms with E-state index < -0.39 is 0 Å². The Bertz CT molecular complexity index is 958. The van der Waals surface area contributed by atoms with Crippen molar-refractivity contribution < 1.29 is 4.79 Å². The van der Waals surface area contributed by atoms with E-state index in [-0.39, 0.29) is 11.7 Å². The van der Waals surface area contributed by atoms with Gasteiger partial charge in [-0.05, 0) is 36.8 Å². The highest BCUT2D eigenvalue weighted by molar-refractivity contribution is 7.99. The zero-order valence-corrected chi connectivity index (χ0v) is 16.3. The number of halogens is 1. The summed E-state index contributed by atoms with van der Waals surface area (Å²) < 4.78 is 1.91. The van der Waals surface area contributed by atoms with Crippen LogP contribution in [0.3, 0.4) is 0 Å². The fourth-order valence-electron chi connectivity index (χ4n) is 2.40. The van der Waals surface area contributed by atoms with E-state index in [0.717, 1.165) is 11.1 Å². The number of hydrogen-bond donors (Lipinski definition) is 1. The van der Waals surface area contributed by atoms with Crippen LogP contribution >= 0.6 is 23.4 Å². The highest BCUT2D eigenvalue weighted by Gasteiger charge is 2.15. The molecule has 0 aliphatic carbocycles. The molecular weight excluding hydrogens is 382 g/mol. The summed E-state index contributed by atoms with van der Waals surface area (Å²) in [5.41, 5.74) is 2.49. The van der Waals surface area contributed by atoms with Crippen LogP contribution in [-0.2, 0) is 11.3 Å². The van der Waals surface area contributed by atoms with E-state index in [2.05, 4.69) is 27.1 Å². The minimum absolute atomic E-state index is 0.143. The van der Waals surface area contributed by atoms with E-state index in [1.54, 1.807) is 24.5 Å². The molecule has 1 aromatic carbocycles. The number of nitrogens with zero attached hydrogens (tertiary/aromatic N) is 4. The molecule has 0 spiro atoms. The molecule has 0 atom stereocenters. The van der Waals surface area contributed by atoms with Crippen LogP contribution < -0.4 is 5.32 Å². The van der Waals surface area contributed by atoms with Gasteiger partial charge >= 0.3 is 0 Å². The minimum atomic E-state index is -0.143. The van der Waals surface area contributed by atoms with Gasteiger partial charge in [-0.15, -0.1) is 16.8 Å². The van der Waals surface area contributed by atoms with Crippen molar-refractivity contribution in [3.8, 4) is 11.4 Å². The second kappa shape index (κ2) is 8.83. The first kappa shape index (κ1) is 19.1. The van der Waals surface area contributed by atoms with Gasteiger partial charge in [0, 0.05) is 35.2 Å². The average Bonchev–Trinajstić information content (AvgIpc) is 3.07. The number of thioether (sulfide) groups is 1. The standard InChI is InChI=1S/C19H18ClN5OS/c1-3-9-25-18(14-5-4-8-21-11-14)23-24-19(25)27-12-17(26)22-15-7-6-13(2)16(20)10-15/h3-8,10-11H,1,9,12H2,2H3,(H,22,26). The molecule has 0 saturated heterocycles. The van der Waals surface area contributed by atoms with Crippen LogP contribution in [-0.4, -0.2) is 31.4 Å². The smallest absolute Gasteiger partial charge is 0.234 e.